The highest BCUT2D eigenvalue weighted by molar-refractivity contribution is 5.79. The number of hydrogen-bond donors (Lipinski definition) is 4. The topological polar surface area (TPSA) is 98.0 Å². The van der Waals surface area contributed by atoms with Crippen molar-refractivity contribution in [3.63, 3.8) is 0 Å². The molecule has 15 heavy (non-hydrogen) atoms. The fraction of sp³-hybridized carbons (Fsp3) is 0.125. The van der Waals surface area contributed by atoms with Crippen LogP contribution >= 0.6 is 0 Å². The van der Waals surface area contributed by atoms with Crippen molar-refractivity contribution in [3.8, 4) is 17.2 Å². The summed E-state index contributed by atoms with van der Waals surface area (Å²) < 4.78 is 25.8. The van der Waals surface area contributed by atoms with E-state index in [1.54, 1.807) is 0 Å². The van der Waals surface area contributed by atoms with Gasteiger partial charge in [0.25, 0.3) is 0 Å². The highest BCUT2D eigenvalue weighted by atomic mass is 19.3. The number of aliphatic carboxylic acids is 1. The number of aromatic hydroxyl groups is 3. The van der Waals surface area contributed by atoms with Crippen molar-refractivity contribution >= 4 is 5.97 Å². The molecule has 7 heteroatoms. The third-order valence-corrected chi connectivity index (χ3v) is 1.74. The summed E-state index contributed by atoms with van der Waals surface area (Å²) in [5, 5.41) is 34.9. The van der Waals surface area contributed by atoms with Gasteiger partial charge in [0, 0.05) is 0 Å². The van der Waals surface area contributed by atoms with Gasteiger partial charge < -0.3 is 20.4 Å². The summed E-state index contributed by atoms with van der Waals surface area (Å²) in [5.74, 6) is -10.2. The van der Waals surface area contributed by atoms with E-state index in [0.29, 0.717) is 12.1 Å². The van der Waals surface area contributed by atoms with Crippen molar-refractivity contribution in [1.29, 1.82) is 0 Å². The van der Waals surface area contributed by atoms with Crippen LogP contribution in [-0.2, 0) is 10.7 Å². The van der Waals surface area contributed by atoms with Crippen LogP contribution in [0.2, 0.25) is 0 Å². The third kappa shape index (κ3) is 1.63. The van der Waals surface area contributed by atoms with Crippen molar-refractivity contribution in [3.05, 3.63) is 17.7 Å². The van der Waals surface area contributed by atoms with Crippen LogP contribution < -0.4 is 0 Å². The molecule has 5 nitrogen and oxygen atoms in total. The van der Waals surface area contributed by atoms with E-state index in [-0.39, 0.29) is 0 Å². The number of carboxylic acid groups (broad SMARTS) is 1. The molecule has 0 aliphatic heterocycles. The lowest BCUT2D eigenvalue weighted by atomic mass is 10.1. The number of carbonyl (C=O) groups is 1. The van der Waals surface area contributed by atoms with Crippen molar-refractivity contribution in [1.82, 2.24) is 0 Å². The standard InChI is InChI=1S/C8H6F2O5/c9-8(10,7(14)15)3-1-2-4(11)6(13)5(3)12/h1-2,11-13H,(H,14,15). The van der Waals surface area contributed by atoms with Crippen LogP contribution in [0.4, 0.5) is 8.78 Å². The van der Waals surface area contributed by atoms with Crippen molar-refractivity contribution in [2.24, 2.45) is 0 Å². The summed E-state index contributed by atoms with van der Waals surface area (Å²) in [6.07, 6.45) is 0. The molecule has 0 saturated carbocycles. The minimum absolute atomic E-state index is 0.512. The first-order chi connectivity index (χ1) is 6.78. The normalized spacial score (nSPS) is 11.3. The van der Waals surface area contributed by atoms with Crippen LogP contribution in [-0.4, -0.2) is 26.4 Å². The maximum atomic E-state index is 12.9. The Bertz CT molecular complexity index is 416. The van der Waals surface area contributed by atoms with Crippen LogP contribution in [0.25, 0.3) is 0 Å². The first-order valence-electron chi connectivity index (χ1n) is 3.64. The van der Waals surface area contributed by atoms with E-state index in [1.807, 2.05) is 0 Å². The van der Waals surface area contributed by atoms with Crippen molar-refractivity contribution in [2.45, 2.75) is 5.92 Å². The van der Waals surface area contributed by atoms with Gasteiger partial charge in [0.05, 0.1) is 5.56 Å². The van der Waals surface area contributed by atoms with Gasteiger partial charge in [0.2, 0.25) is 5.75 Å². The molecule has 1 aromatic carbocycles. The van der Waals surface area contributed by atoms with Gasteiger partial charge >= 0.3 is 11.9 Å². The molecule has 0 unspecified atom stereocenters. The monoisotopic (exact) mass is 220 g/mol. The molecule has 4 N–H and O–H groups in total. The summed E-state index contributed by atoms with van der Waals surface area (Å²) in [6.45, 7) is 0. The molecule has 0 bridgehead atoms. The zero-order valence-corrected chi connectivity index (χ0v) is 7.11. The molecule has 0 fully saturated rings. The van der Waals surface area contributed by atoms with Gasteiger partial charge in [-0.3, -0.25) is 0 Å². The van der Waals surface area contributed by atoms with E-state index in [9.17, 15) is 13.6 Å². The maximum absolute atomic E-state index is 12.9. The minimum atomic E-state index is -4.34. The summed E-state index contributed by atoms with van der Waals surface area (Å²) >= 11 is 0. The van der Waals surface area contributed by atoms with Crippen LogP contribution in [0.1, 0.15) is 5.56 Å². The minimum Gasteiger partial charge on any atom is -0.504 e. The van der Waals surface area contributed by atoms with E-state index in [2.05, 4.69) is 0 Å². The first-order valence-corrected chi connectivity index (χ1v) is 3.64. The van der Waals surface area contributed by atoms with Gasteiger partial charge in [0.15, 0.2) is 11.5 Å². The third-order valence-electron chi connectivity index (χ3n) is 1.74. The Morgan fingerprint density at radius 3 is 2.13 bits per heavy atom. The van der Waals surface area contributed by atoms with E-state index < -0.39 is 34.7 Å². The number of carboxylic acids is 1. The number of hydrogen-bond acceptors (Lipinski definition) is 4. The van der Waals surface area contributed by atoms with Crippen molar-refractivity contribution in [2.75, 3.05) is 0 Å². The molecule has 0 radical (unpaired) electrons. The Balaban J connectivity index is 3.40. The molecule has 1 aromatic rings. The highest BCUT2D eigenvalue weighted by Gasteiger charge is 2.44. The lowest BCUT2D eigenvalue weighted by Crippen LogP contribution is -2.25. The molecule has 82 valence electrons. The number of phenols is 3. The quantitative estimate of drug-likeness (QED) is 0.557. The SMILES string of the molecule is O=C(O)C(F)(F)c1ccc(O)c(O)c1O. The van der Waals surface area contributed by atoms with Crippen LogP contribution in [0, 0.1) is 0 Å². The lowest BCUT2D eigenvalue weighted by Gasteiger charge is -2.13. The average molecular weight is 220 g/mol. The Kier molecular flexibility index (Phi) is 2.40. The fourth-order valence-electron chi connectivity index (χ4n) is 0.938. The number of halogens is 2. The highest BCUT2D eigenvalue weighted by Crippen LogP contribution is 2.43. The number of rotatable bonds is 2. The maximum Gasteiger partial charge on any atom is 0.379 e. The largest absolute Gasteiger partial charge is 0.504 e. The van der Waals surface area contributed by atoms with Gasteiger partial charge in [-0.05, 0) is 12.1 Å². The van der Waals surface area contributed by atoms with Crippen LogP contribution in [0.15, 0.2) is 12.1 Å². The first kappa shape index (κ1) is 11.0. The molecule has 0 saturated heterocycles. The van der Waals surface area contributed by atoms with E-state index in [4.69, 9.17) is 20.4 Å². The second-order valence-electron chi connectivity index (χ2n) is 2.71. The Morgan fingerprint density at radius 2 is 1.67 bits per heavy atom. The summed E-state index contributed by atoms with van der Waals surface area (Å²) in [4.78, 5) is 10.2. The summed E-state index contributed by atoms with van der Waals surface area (Å²) in [5.41, 5.74) is -1.29. The van der Waals surface area contributed by atoms with E-state index in [1.165, 1.54) is 0 Å². The Hall–Kier alpha value is -2.05. The zero-order chi connectivity index (χ0) is 11.8. The van der Waals surface area contributed by atoms with E-state index >= 15 is 0 Å². The molecular formula is C8H6F2O5. The molecule has 0 aliphatic carbocycles. The Labute approximate surface area is 81.8 Å². The van der Waals surface area contributed by atoms with Crippen LogP contribution in [0.3, 0.4) is 0 Å². The predicted octanol–water partition coefficient (Wildman–Crippen LogP) is 0.980. The summed E-state index contributed by atoms with van der Waals surface area (Å²) in [7, 11) is 0. The molecule has 0 spiro atoms. The second kappa shape index (κ2) is 3.26. The molecule has 0 atom stereocenters. The second-order valence-corrected chi connectivity index (χ2v) is 2.71. The number of alkyl halides is 2. The smallest absolute Gasteiger partial charge is 0.379 e. The fourth-order valence-corrected chi connectivity index (χ4v) is 0.938. The molecule has 0 aromatic heterocycles. The van der Waals surface area contributed by atoms with Crippen molar-refractivity contribution < 1.29 is 34.0 Å². The zero-order valence-electron chi connectivity index (χ0n) is 7.11. The lowest BCUT2D eigenvalue weighted by molar-refractivity contribution is -0.166. The molecule has 0 heterocycles. The van der Waals surface area contributed by atoms with Gasteiger partial charge in [-0.1, -0.05) is 0 Å². The van der Waals surface area contributed by atoms with Gasteiger partial charge in [0.1, 0.15) is 0 Å². The van der Waals surface area contributed by atoms with Gasteiger partial charge in [-0.2, -0.15) is 8.78 Å². The average Bonchev–Trinajstić information content (AvgIpc) is 2.13. The molecule has 0 aliphatic rings. The van der Waals surface area contributed by atoms with E-state index in [0.717, 1.165) is 0 Å². The number of benzene rings is 1. The Morgan fingerprint density at radius 1 is 1.13 bits per heavy atom. The molecule has 0 amide bonds. The summed E-state index contributed by atoms with van der Waals surface area (Å²) in [6, 6.07) is 1.17. The number of phenolic OH excluding ortho intramolecular Hbond substituents is 3. The molecule has 1 rings (SSSR count). The van der Waals surface area contributed by atoms with Gasteiger partial charge in [-0.15, -0.1) is 0 Å². The van der Waals surface area contributed by atoms with Gasteiger partial charge in [-0.25, -0.2) is 4.79 Å². The molecular weight excluding hydrogens is 214 g/mol. The van der Waals surface area contributed by atoms with Crippen LogP contribution in [0.5, 0.6) is 17.2 Å². The predicted molar refractivity (Wildman–Crippen MR) is 43.0 cm³/mol.